The number of aryl methyl sites for hydroxylation is 1. The number of aromatic nitrogens is 2. The molecule has 1 N–H and O–H groups in total. The maximum atomic E-state index is 5.85. The van der Waals surface area contributed by atoms with E-state index in [0.29, 0.717) is 5.11 Å². The number of para-hydroxylation sites is 1. The fraction of sp³-hybridized carbons (Fsp3) is 0.185. The summed E-state index contributed by atoms with van der Waals surface area (Å²) in [6.07, 6.45) is 1.84. The summed E-state index contributed by atoms with van der Waals surface area (Å²) >= 11 is 5.85. The molecule has 0 saturated carbocycles. The number of rotatable bonds is 5. The molecule has 4 aromatic rings. The second-order valence-electron chi connectivity index (χ2n) is 8.20. The number of hydrogen-bond donors (Lipinski definition) is 1. The van der Waals surface area contributed by atoms with Crippen LogP contribution in [0.5, 0.6) is 5.75 Å². The van der Waals surface area contributed by atoms with E-state index in [1.165, 1.54) is 11.3 Å². The Morgan fingerprint density at radius 2 is 1.67 bits per heavy atom. The molecule has 2 atom stereocenters. The molecule has 2 aromatic carbocycles. The maximum Gasteiger partial charge on any atom is 0.174 e. The maximum absolute atomic E-state index is 5.85. The molecule has 6 heteroatoms. The first-order chi connectivity index (χ1) is 16.1. The number of benzene rings is 2. The van der Waals surface area contributed by atoms with Crippen LogP contribution in [-0.4, -0.2) is 21.8 Å². The van der Waals surface area contributed by atoms with Gasteiger partial charge in [-0.25, -0.2) is 0 Å². The summed E-state index contributed by atoms with van der Waals surface area (Å²) in [5.41, 5.74) is 6.63. The molecule has 0 bridgehead atoms. The van der Waals surface area contributed by atoms with Crippen LogP contribution < -0.4 is 15.0 Å². The van der Waals surface area contributed by atoms with Crippen molar-refractivity contribution in [1.82, 2.24) is 14.9 Å². The second kappa shape index (κ2) is 8.71. The van der Waals surface area contributed by atoms with Crippen LogP contribution in [0.1, 0.15) is 34.7 Å². The van der Waals surface area contributed by atoms with Gasteiger partial charge in [-0.2, -0.15) is 0 Å². The lowest BCUT2D eigenvalue weighted by Crippen LogP contribution is -2.29. The molecule has 1 aliphatic rings. The minimum atomic E-state index is -0.0711. The number of hydrogen-bond acceptors (Lipinski definition) is 3. The van der Waals surface area contributed by atoms with Crippen molar-refractivity contribution < 1.29 is 4.74 Å². The van der Waals surface area contributed by atoms with E-state index in [1.54, 1.807) is 7.11 Å². The summed E-state index contributed by atoms with van der Waals surface area (Å²) in [5.74, 6) is 0.836. The summed E-state index contributed by atoms with van der Waals surface area (Å²) in [6.45, 7) is 4.31. The highest BCUT2D eigenvalue weighted by molar-refractivity contribution is 7.80. The highest BCUT2D eigenvalue weighted by Crippen LogP contribution is 2.43. The second-order valence-corrected chi connectivity index (χ2v) is 8.58. The molecule has 5 rings (SSSR count). The van der Waals surface area contributed by atoms with Crippen LogP contribution >= 0.6 is 12.2 Å². The van der Waals surface area contributed by atoms with Gasteiger partial charge in [0, 0.05) is 35.0 Å². The van der Waals surface area contributed by atoms with Gasteiger partial charge in [0.05, 0.1) is 24.9 Å². The Morgan fingerprint density at radius 3 is 2.39 bits per heavy atom. The van der Waals surface area contributed by atoms with Crippen molar-refractivity contribution in [3.63, 3.8) is 0 Å². The summed E-state index contributed by atoms with van der Waals surface area (Å²) < 4.78 is 7.75. The van der Waals surface area contributed by atoms with Crippen molar-refractivity contribution in [3.8, 4) is 11.4 Å². The van der Waals surface area contributed by atoms with Crippen molar-refractivity contribution in [2.75, 3.05) is 12.0 Å². The fourth-order valence-corrected chi connectivity index (χ4v) is 5.12. The van der Waals surface area contributed by atoms with Gasteiger partial charge in [-0.15, -0.1) is 0 Å². The lowest BCUT2D eigenvalue weighted by atomic mass is 9.96. The number of anilines is 1. The third kappa shape index (κ3) is 3.76. The van der Waals surface area contributed by atoms with Crippen molar-refractivity contribution in [2.45, 2.75) is 25.9 Å². The van der Waals surface area contributed by atoms with Gasteiger partial charge < -0.3 is 19.5 Å². The quantitative estimate of drug-likeness (QED) is 0.393. The molecule has 1 saturated heterocycles. The minimum absolute atomic E-state index is 0.0413. The molecule has 5 nitrogen and oxygen atoms in total. The zero-order valence-electron chi connectivity index (χ0n) is 18.9. The van der Waals surface area contributed by atoms with Crippen LogP contribution in [0.2, 0.25) is 0 Å². The van der Waals surface area contributed by atoms with Gasteiger partial charge in [-0.3, -0.25) is 4.98 Å². The van der Waals surface area contributed by atoms with Gasteiger partial charge >= 0.3 is 0 Å². The van der Waals surface area contributed by atoms with E-state index in [9.17, 15) is 0 Å². The largest absolute Gasteiger partial charge is 0.497 e. The van der Waals surface area contributed by atoms with Gasteiger partial charge in [-0.05, 0) is 74.1 Å². The molecule has 0 amide bonds. The monoisotopic (exact) mass is 454 g/mol. The first-order valence-corrected chi connectivity index (χ1v) is 11.4. The third-order valence-electron chi connectivity index (χ3n) is 6.23. The van der Waals surface area contributed by atoms with Gasteiger partial charge in [0.15, 0.2) is 5.11 Å². The lowest BCUT2D eigenvalue weighted by molar-refractivity contribution is 0.414. The summed E-state index contributed by atoms with van der Waals surface area (Å²) in [4.78, 5) is 6.88. The smallest absolute Gasteiger partial charge is 0.174 e. The Hall–Kier alpha value is -3.64. The number of pyridine rings is 1. The van der Waals surface area contributed by atoms with Crippen LogP contribution in [0.15, 0.2) is 85.1 Å². The molecule has 33 heavy (non-hydrogen) atoms. The lowest BCUT2D eigenvalue weighted by Gasteiger charge is -2.28. The van der Waals surface area contributed by atoms with Gasteiger partial charge in [-0.1, -0.05) is 30.3 Å². The van der Waals surface area contributed by atoms with Crippen molar-refractivity contribution >= 4 is 23.0 Å². The van der Waals surface area contributed by atoms with Crippen LogP contribution in [0, 0.1) is 13.8 Å². The Labute approximate surface area is 199 Å². The molecule has 0 unspecified atom stereocenters. The molecule has 0 aliphatic carbocycles. The Morgan fingerprint density at radius 1 is 0.909 bits per heavy atom. The van der Waals surface area contributed by atoms with Gasteiger partial charge in [0.25, 0.3) is 0 Å². The molecule has 166 valence electrons. The summed E-state index contributed by atoms with van der Waals surface area (Å²) in [7, 11) is 1.69. The summed E-state index contributed by atoms with van der Waals surface area (Å²) in [5, 5.41) is 4.25. The van der Waals surface area contributed by atoms with E-state index < -0.39 is 0 Å². The van der Waals surface area contributed by atoms with Crippen molar-refractivity contribution in [2.24, 2.45) is 0 Å². The van der Waals surface area contributed by atoms with Crippen LogP contribution in [0.25, 0.3) is 5.69 Å². The van der Waals surface area contributed by atoms with E-state index in [2.05, 4.69) is 70.0 Å². The minimum Gasteiger partial charge on any atom is -0.497 e. The fourth-order valence-electron chi connectivity index (χ4n) is 4.77. The molecule has 1 fully saturated rings. The molecule has 1 aliphatic heterocycles. The van der Waals surface area contributed by atoms with E-state index in [1.807, 2.05) is 48.7 Å². The van der Waals surface area contributed by atoms with Crippen LogP contribution in [0.3, 0.4) is 0 Å². The molecular weight excluding hydrogens is 428 g/mol. The molecule has 3 heterocycles. The van der Waals surface area contributed by atoms with Crippen molar-refractivity contribution in [3.05, 3.63) is 108 Å². The third-order valence-corrected chi connectivity index (χ3v) is 6.55. The molecule has 0 spiro atoms. The van der Waals surface area contributed by atoms with Gasteiger partial charge in [0.2, 0.25) is 0 Å². The Kier molecular flexibility index (Phi) is 5.60. The number of nitrogens with one attached hydrogen (secondary N) is 1. The standard InChI is InChI=1S/C27H26N4OS/c1-18-16-23(19(2)30(18)21-12-9-13-22(17-21)32-3)26-25(24-14-7-8-15-28-24)29-27(33)31(26)20-10-5-4-6-11-20/h4-17,25-26H,1-3H3,(H,29,33)/t25-,26-/m1/s1. The number of methoxy groups -OCH3 is 1. The first kappa shape index (κ1) is 21.2. The predicted molar refractivity (Wildman–Crippen MR) is 136 cm³/mol. The van der Waals surface area contributed by atoms with E-state index in [0.717, 1.165) is 28.5 Å². The average molecular weight is 455 g/mol. The Bertz CT molecular complexity index is 1290. The normalized spacial score (nSPS) is 17.8. The predicted octanol–water partition coefficient (Wildman–Crippen LogP) is 5.67. The van der Waals surface area contributed by atoms with E-state index >= 15 is 0 Å². The first-order valence-electron chi connectivity index (χ1n) is 11.0. The van der Waals surface area contributed by atoms with Gasteiger partial charge in [0.1, 0.15) is 5.75 Å². The van der Waals surface area contributed by atoms with E-state index in [-0.39, 0.29) is 12.1 Å². The van der Waals surface area contributed by atoms with Crippen LogP contribution in [-0.2, 0) is 0 Å². The topological polar surface area (TPSA) is 42.3 Å². The molecule has 0 radical (unpaired) electrons. The zero-order chi connectivity index (χ0) is 22.9. The van der Waals surface area contributed by atoms with Crippen LogP contribution in [0.4, 0.5) is 5.69 Å². The van der Waals surface area contributed by atoms with E-state index in [4.69, 9.17) is 17.0 Å². The SMILES string of the molecule is COc1cccc(-n2c(C)cc([C@@H]3[C@@H](c4ccccn4)NC(=S)N3c3ccccc3)c2C)c1. The zero-order valence-corrected chi connectivity index (χ0v) is 19.7. The Balaban J connectivity index is 1.67. The number of ether oxygens (including phenoxy) is 1. The summed E-state index contributed by atoms with van der Waals surface area (Å²) in [6, 6.07) is 26.6. The number of thiocarbonyl (C=S) groups is 1. The average Bonchev–Trinajstić information content (AvgIpc) is 3.35. The number of nitrogens with zero attached hydrogens (tertiary/aromatic N) is 3. The highest BCUT2D eigenvalue weighted by atomic mass is 32.1. The van der Waals surface area contributed by atoms with Crippen molar-refractivity contribution in [1.29, 1.82) is 0 Å². The molecular formula is C27H26N4OS. The highest BCUT2D eigenvalue weighted by Gasteiger charge is 2.42. The molecule has 2 aromatic heterocycles.